The van der Waals surface area contributed by atoms with Crippen molar-refractivity contribution < 1.29 is 0 Å². The first-order chi connectivity index (χ1) is 5.74. The van der Waals surface area contributed by atoms with Crippen LogP contribution in [-0.2, 0) is 0 Å². The maximum Gasteiger partial charge on any atom is 0.154 e. The van der Waals surface area contributed by atoms with Crippen LogP contribution in [0.2, 0.25) is 0 Å². The molecule has 0 radical (unpaired) electrons. The van der Waals surface area contributed by atoms with E-state index in [1.165, 1.54) is 25.0 Å². The van der Waals surface area contributed by atoms with Gasteiger partial charge in [0.15, 0.2) is 6.20 Å². The molecule has 12 heavy (non-hydrogen) atoms. The van der Waals surface area contributed by atoms with Gasteiger partial charge in [0.2, 0.25) is 0 Å². The maximum absolute atomic E-state index is 6.77. The van der Waals surface area contributed by atoms with Gasteiger partial charge in [0.1, 0.15) is 0 Å². The third-order valence-electron chi connectivity index (χ3n) is 3.16. The summed E-state index contributed by atoms with van der Waals surface area (Å²) < 4.78 is 0. The lowest BCUT2D eigenvalue weighted by molar-refractivity contribution is 0.218. The molecule has 2 heteroatoms. The SMILES string of the molecule is [C-]#[N+]/C=C1/CN2CCC[C@@]2(C)C1. The molecule has 0 aromatic heterocycles. The van der Waals surface area contributed by atoms with Crippen LogP contribution in [0.15, 0.2) is 11.8 Å². The van der Waals surface area contributed by atoms with E-state index >= 15 is 0 Å². The van der Waals surface area contributed by atoms with Gasteiger partial charge in [-0.05, 0) is 32.7 Å². The van der Waals surface area contributed by atoms with Crippen LogP contribution >= 0.6 is 0 Å². The predicted octanol–water partition coefficient (Wildman–Crippen LogP) is 2.05. The molecule has 0 N–H and O–H groups in total. The first-order valence-electron chi connectivity index (χ1n) is 4.54. The van der Waals surface area contributed by atoms with E-state index in [-0.39, 0.29) is 0 Å². The summed E-state index contributed by atoms with van der Waals surface area (Å²) >= 11 is 0. The predicted molar refractivity (Wildman–Crippen MR) is 48.5 cm³/mol. The first kappa shape index (κ1) is 7.82. The molecule has 0 spiro atoms. The van der Waals surface area contributed by atoms with Gasteiger partial charge in [0, 0.05) is 12.1 Å². The van der Waals surface area contributed by atoms with Crippen molar-refractivity contribution in [3.8, 4) is 0 Å². The normalized spacial score (nSPS) is 38.5. The van der Waals surface area contributed by atoms with Crippen molar-refractivity contribution in [2.45, 2.75) is 31.7 Å². The van der Waals surface area contributed by atoms with Crippen LogP contribution < -0.4 is 0 Å². The molecule has 0 aromatic carbocycles. The highest BCUT2D eigenvalue weighted by molar-refractivity contribution is 5.20. The average molecular weight is 162 g/mol. The molecule has 2 nitrogen and oxygen atoms in total. The zero-order valence-electron chi connectivity index (χ0n) is 7.51. The van der Waals surface area contributed by atoms with Crippen LogP contribution in [0.5, 0.6) is 0 Å². The third-order valence-corrected chi connectivity index (χ3v) is 3.16. The van der Waals surface area contributed by atoms with Crippen LogP contribution in [0.4, 0.5) is 0 Å². The molecule has 0 amide bonds. The van der Waals surface area contributed by atoms with E-state index in [2.05, 4.69) is 16.7 Å². The van der Waals surface area contributed by atoms with Crippen LogP contribution in [0, 0.1) is 6.57 Å². The highest BCUT2D eigenvalue weighted by Crippen LogP contribution is 2.40. The van der Waals surface area contributed by atoms with E-state index < -0.39 is 0 Å². The van der Waals surface area contributed by atoms with Gasteiger partial charge in [-0.2, -0.15) is 0 Å². The smallest absolute Gasteiger partial charge is 0.154 e. The second-order valence-corrected chi connectivity index (χ2v) is 4.12. The summed E-state index contributed by atoms with van der Waals surface area (Å²) in [5, 5.41) is 0. The number of nitrogens with zero attached hydrogens (tertiary/aromatic N) is 2. The van der Waals surface area contributed by atoms with E-state index in [1.807, 2.05) is 0 Å². The fourth-order valence-corrected chi connectivity index (χ4v) is 2.52. The standard InChI is InChI=1S/C10H14N2/c1-10-4-3-5-12(10)8-9(6-10)7-11-2/h7H,3-6,8H2,1H3/b9-7+/t10-/m0/s1. The Kier molecular flexibility index (Phi) is 1.69. The molecule has 0 aliphatic carbocycles. The number of hydrogen-bond acceptors (Lipinski definition) is 1. The molecular formula is C10H14N2. The van der Waals surface area contributed by atoms with Crippen molar-refractivity contribution in [3.05, 3.63) is 23.2 Å². The molecule has 2 fully saturated rings. The fraction of sp³-hybridized carbons (Fsp3) is 0.700. The second kappa shape index (κ2) is 2.60. The van der Waals surface area contributed by atoms with Crippen molar-refractivity contribution in [1.82, 2.24) is 4.90 Å². The Balaban J connectivity index is 2.17. The van der Waals surface area contributed by atoms with Gasteiger partial charge in [-0.15, -0.1) is 0 Å². The number of fused-ring (bicyclic) bond motifs is 1. The highest BCUT2D eigenvalue weighted by Gasteiger charge is 2.41. The van der Waals surface area contributed by atoms with E-state index in [0.717, 1.165) is 13.0 Å². The van der Waals surface area contributed by atoms with Crippen LogP contribution in [0.1, 0.15) is 26.2 Å². The Hall–Kier alpha value is -0.810. The van der Waals surface area contributed by atoms with Crippen molar-refractivity contribution in [3.63, 3.8) is 0 Å². The van der Waals surface area contributed by atoms with E-state index in [0.29, 0.717) is 5.54 Å². The minimum Gasteiger partial charge on any atom is -0.295 e. The number of hydrogen-bond donors (Lipinski definition) is 0. The van der Waals surface area contributed by atoms with Gasteiger partial charge in [0.05, 0.1) is 6.57 Å². The van der Waals surface area contributed by atoms with Crippen molar-refractivity contribution in [2.75, 3.05) is 13.1 Å². The largest absolute Gasteiger partial charge is 0.295 e. The van der Waals surface area contributed by atoms with Crippen molar-refractivity contribution >= 4 is 0 Å². The lowest BCUT2D eigenvalue weighted by Gasteiger charge is -2.26. The molecule has 64 valence electrons. The van der Waals surface area contributed by atoms with Gasteiger partial charge < -0.3 is 0 Å². The Morgan fingerprint density at radius 3 is 3.17 bits per heavy atom. The number of rotatable bonds is 0. The van der Waals surface area contributed by atoms with Crippen molar-refractivity contribution in [2.24, 2.45) is 0 Å². The first-order valence-corrected chi connectivity index (χ1v) is 4.54. The highest BCUT2D eigenvalue weighted by atomic mass is 15.2. The Morgan fingerprint density at radius 2 is 2.50 bits per heavy atom. The monoisotopic (exact) mass is 162 g/mol. The molecule has 0 saturated carbocycles. The summed E-state index contributed by atoms with van der Waals surface area (Å²) in [6, 6.07) is 0. The van der Waals surface area contributed by atoms with Crippen LogP contribution in [0.25, 0.3) is 4.85 Å². The summed E-state index contributed by atoms with van der Waals surface area (Å²) in [6.07, 6.45) is 5.48. The Labute approximate surface area is 73.7 Å². The zero-order valence-corrected chi connectivity index (χ0v) is 7.51. The molecular weight excluding hydrogens is 148 g/mol. The molecule has 2 aliphatic heterocycles. The van der Waals surface area contributed by atoms with Gasteiger partial charge in [0.25, 0.3) is 0 Å². The van der Waals surface area contributed by atoms with Gasteiger partial charge in [-0.25, -0.2) is 4.85 Å². The molecule has 1 atom stereocenters. The summed E-state index contributed by atoms with van der Waals surface area (Å²) in [4.78, 5) is 5.86. The van der Waals surface area contributed by atoms with Gasteiger partial charge in [-0.1, -0.05) is 5.57 Å². The van der Waals surface area contributed by atoms with Gasteiger partial charge in [-0.3, -0.25) is 4.90 Å². The maximum atomic E-state index is 6.77. The Bertz CT molecular complexity index is 262. The zero-order chi connectivity index (χ0) is 8.60. The Morgan fingerprint density at radius 1 is 1.67 bits per heavy atom. The van der Waals surface area contributed by atoms with Crippen molar-refractivity contribution in [1.29, 1.82) is 0 Å². The summed E-state index contributed by atoms with van der Waals surface area (Å²) in [5.41, 5.74) is 1.73. The lowest BCUT2D eigenvalue weighted by Crippen LogP contribution is -2.34. The minimum atomic E-state index is 0.399. The third kappa shape index (κ3) is 1.05. The lowest BCUT2D eigenvalue weighted by atomic mass is 9.95. The summed E-state index contributed by atoms with van der Waals surface area (Å²) in [6.45, 7) is 11.4. The minimum absolute atomic E-state index is 0.399. The molecule has 2 saturated heterocycles. The molecule has 2 heterocycles. The summed E-state index contributed by atoms with van der Waals surface area (Å²) in [5.74, 6) is 0. The summed E-state index contributed by atoms with van der Waals surface area (Å²) in [7, 11) is 0. The van der Waals surface area contributed by atoms with Crippen LogP contribution in [0.3, 0.4) is 0 Å². The molecule has 0 unspecified atom stereocenters. The average Bonchev–Trinajstić information content (AvgIpc) is 2.43. The molecule has 2 aliphatic rings. The molecule has 0 bridgehead atoms. The van der Waals surface area contributed by atoms with Crippen LogP contribution in [-0.4, -0.2) is 23.5 Å². The topological polar surface area (TPSA) is 7.60 Å². The van der Waals surface area contributed by atoms with E-state index in [1.54, 1.807) is 6.20 Å². The molecule has 2 rings (SSSR count). The quantitative estimate of drug-likeness (QED) is 0.495. The molecule has 0 aromatic rings. The second-order valence-electron chi connectivity index (χ2n) is 4.12. The van der Waals surface area contributed by atoms with E-state index in [9.17, 15) is 0 Å². The van der Waals surface area contributed by atoms with Gasteiger partial charge >= 0.3 is 0 Å². The fourth-order valence-electron chi connectivity index (χ4n) is 2.52. The van der Waals surface area contributed by atoms with E-state index in [4.69, 9.17) is 6.57 Å².